The second-order valence-corrected chi connectivity index (χ2v) is 11.6. The molecule has 7 nitrogen and oxygen atoms in total. The zero-order valence-electron chi connectivity index (χ0n) is 24.3. The van der Waals surface area contributed by atoms with Crippen LogP contribution in [0.1, 0.15) is 42.0 Å². The van der Waals surface area contributed by atoms with Crippen LogP contribution in [0.5, 0.6) is 23.0 Å². The molecule has 226 valence electrons. The third-order valence-corrected chi connectivity index (χ3v) is 8.31. The van der Waals surface area contributed by atoms with Crippen LogP contribution in [0.15, 0.2) is 77.3 Å². The minimum absolute atomic E-state index is 0.170. The molecular weight excluding hydrogens is 644 g/mol. The fourth-order valence-corrected chi connectivity index (χ4v) is 5.67. The number of carbonyl (C=O) groups excluding carboxylic acids is 1. The number of nitrogens with zero attached hydrogens (tertiary/aromatic N) is 1. The van der Waals surface area contributed by atoms with Crippen molar-refractivity contribution in [3.05, 3.63) is 105 Å². The van der Waals surface area contributed by atoms with E-state index in [1.54, 1.807) is 19.1 Å². The second kappa shape index (κ2) is 15.1. The van der Waals surface area contributed by atoms with Gasteiger partial charge in [-0.1, -0.05) is 48.0 Å². The zero-order valence-corrected chi connectivity index (χ0v) is 26.7. The summed E-state index contributed by atoms with van der Waals surface area (Å²) < 4.78 is 24.8. The summed E-state index contributed by atoms with van der Waals surface area (Å²) in [5.74, 6) is 2.76. The smallest absolute Gasteiger partial charge is 0.161 e. The van der Waals surface area contributed by atoms with E-state index in [2.05, 4.69) is 27.3 Å². The van der Waals surface area contributed by atoms with Crippen molar-refractivity contribution in [3.63, 3.8) is 0 Å². The summed E-state index contributed by atoms with van der Waals surface area (Å²) in [6.45, 7) is 4.41. The first-order valence-corrected chi connectivity index (χ1v) is 15.5. The average Bonchev–Trinajstić information content (AvgIpc) is 3.04. The molecule has 0 radical (unpaired) electrons. The van der Waals surface area contributed by atoms with Crippen LogP contribution in [-0.2, 0) is 24.6 Å². The summed E-state index contributed by atoms with van der Waals surface area (Å²) in [6.07, 6.45) is 1.28. The molecule has 1 N–H and O–H groups in total. The summed E-state index contributed by atoms with van der Waals surface area (Å²) in [5, 5.41) is 13.1. The Kier molecular flexibility index (Phi) is 10.8. The predicted octanol–water partition coefficient (Wildman–Crippen LogP) is 8.03. The highest BCUT2D eigenvalue weighted by Crippen LogP contribution is 2.39. The number of carbonyl (C=O) groups is 1. The predicted molar refractivity (Wildman–Crippen MR) is 173 cm³/mol. The maximum Gasteiger partial charge on any atom is 0.161 e. The second-order valence-electron chi connectivity index (χ2n) is 10.4. The first-order chi connectivity index (χ1) is 21.4. The fourth-order valence-electron chi connectivity index (χ4n) is 4.82. The largest absolute Gasteiger partial charge is 0.488 e. The lowest BCUT2D eigenvalue weighted by atomic mass is 10.0. The third kappa shape index (κ3) is 8.11. The van der Waals surface area contributed by atoms with Gasteiger partial charge in [0.15, 0.2) is 11.5 Å². The Bertz CT molecular complexity index is 1690. The molecule has 0 unspecified atom stereocenters. The minimum Gasteiger partial charge on any atom is -0.488 e. The quantitative estimate of drug-likeness (QED) is 0.144. The van der Waals surface area contributed by atoms with E-state index in [0.29, 0.717) is 54.8 Å². The topological polar surface area (TPSA) is 89.8 Å². The summed E-state index contributed by atoms with van der Waals surface area (Å²) in [7, 11) is 0. The Morgan fingerprint density at radius 1 is 0.955 bits per heavy atom. The number of Topliss-reactive ketones (excluding diaryl/α,β-unsaturated/α-hetero) is 1. The van der Waals surface area contributed by atoms with Gasteiger partial charge in [-0.3, -0.25) is 0 Å². The molecule has 44 heavy (non-hydrogen) atoms. The SMILES string of the molecule is CC(=O)CCCNCc1cc(Cl)c(OCc2cccc(-c3ccc4c(c3)OCCO4)c2Br)cc1OCc1cccc(C#N)c1. The van der Waals surface area contributed by atoms with E-state index in [1.807, 2.05) is 60.7 Å². The lowest BCUT2D eigenvalue weighted by Gasteiger charge is -2.19. The first kappa shape index (κ1) is 31.4. The maximum absolute atomic E-state index is 11.3. The van der Waals surface area contributed by atoms with Crippen LogP contribution in [-0.4, -0.2) is 25.5 Å². The summed E-state index contributed by atoms with van der Waals surface area (Å²) >= 11 is 10.5. The minimum atomic E-state index is 0.170. The van der Waals surface area contributed by atoms with Crippen LogP contribution >= 0.6 is 27.5 Å². The Balaban J connectivity index is 1.33. The molecule has 1 heterocycles. The number of nitrogens with one attached hydrogen (secondary N) is 1. The van der Waals surface area contributed by atoms with E-state index < -0.39 is 0 Å². The van der Waals surface area contributed by atoms with Gasteiger partial charge in [0.2, 0.25) is 0 Å². The number of ether oxygens (including phenoxy) is 4. The molecule has 0 saturated carbocycles. The highest BCUT2D eigenvalue weighted by atomic mass is 79.9. The molecule has 5 rings (SSSR count). The molecule has 0 saturated heterocycles. The Hall–Kier alpha value is -4.03. The van der Waals surface area contributed by atoms with E-state index in [0.717, 1.165) is 50.2 Å². The van der Waals surface area contributed by atoms with Crippen molar-refractivity contribution in [2.24, 2.45) is 0 Å². The van der Waals surface area contributed by atoms with Crippen LogP contribution in [0.4, 0.5) is 0 Å². The average molecular weight is 676 g/mol. The highest BCUT2D eigenvalue weighted by molar-refractivity contribution is 9.10. The number of nitriles is 1. The number of rotatable bonds is 13. The van der Waals surface area contributed by atoms with E-state index >= 15 is 0 Å². The van der Waals surface area contributed by atoms with Gasteiger partial charge in [0.25, 0.3) is 0 Å². The van der Waals surface area contributed by atoms with Crippen molar-refractivity contribution in [2.45, 2.75) is 39.5 Å². The monoisotopic (exact) mass is 674 g/mol. The van der Waals surface area contributed by atoms with Gasteiger partial charge in [-0.15, -0.1) is 0 Å². The van der Waals surface area contributed by atoms with Gasteiger partial charge in [-0.2, -0.15) is 5.26 Å². The molecule has 0 aromatic heterocycles. The van der Waals surface area contributed by atoms with Crippen LogP contribution in [0.3, 0.4) is 0 Å². The van der Waals surface area contributed by atoms with Crippen LogP contribution < -0.4 is 24.3 Å². The molecular formula is C35H32BrClN2O5. The van der Waals surface area contributed by atoms with E-state index in [9.17, 15) is 10.1 Å². The molecule has 0 spiro atoms. The highest BCUT2D eigenvalue weighted by Gasteiger charge is 2.16. The molecule has 9 heteroatoms. The van der Waals surface area contributed by atoms with Gasteiger partial charge in [0.05, 0.1) is 16.7 Å². The van der Waals surface area contributed by atoms with Crippen molar-refractivity contribution in [1.29, 1.82) is 5.26 Å². The molecule has 4 aromatic rings. The zero-order chi connectivity index (χ0) is 30.9. The van der Waals surface area contributed by atoms with Crippen molar-refractivity contribution in [3.8, 4) is 40.2 Å². The molecule has 0 bridgehead atoms. The van der Waals surface area contributed by atoms with Crippen LogP contribution in [0.25, 0.3) is 11.1 Å². The van der Waals surface area contributed by atoms with E-state index in [1.165, 1.54) is 0 Å². The molecule has 0 atom stereocenters. The number of halogens is 2. The van der Waals surface area contributed by atoms with Crippen molar-refractivity contribution in [2.75, 3.05) is 19.8 Å². The lowest BCUT2D eigenvalue weighted by molar-refractivity contribution is -0.117. The number of benzene rings is 4. The molecule has 1 aliphatic rings. The van der Waals surface area contributed by atoms with Gasteiger partial charge in [-0.05, 0) is 82.8 Å². The van der Waals surface area contributed by atoms with Gasteiger partial charge < -0.3 is 29.1 Å². The Labute approximate surface area is 270 Å². The molecule has 0 amide bonds. The molecule has 1 aliphatic heterocycles. The van der Waals surface area contributed by atoms with Crippen molar-refractivity contribution in [1.82, 2.24) is 5.32 Å². The van der Waals surface area contributed by atoms with Crippen LogP contribution in [0, 0.1) is 11.3 Å². The number of ketones is 1. The summed E-state index contributed by atoms with van der Waals surface area (Å²) in [5.41, 5.74) is 5.26. The Morgan fingerprint density at radius 2 is 1.75 bits per heavy atom. The van der Waals surface area contributed by atoms with E-state index in [4.69, 9.17) is 30.5 Å². The lowest BCUT2D eigenvalue weighted by Crippen LogP contribution is -2.16. The number of hydrogen-bond acceptors (Lipinski definition) is 7. The van der Waals surface area contributed by atoms with Crippen LogP contribution in [0.2, 0.25) is 5.02 Å². The van der Waals surface area contributed by atoms with Crippen molar-refractivity contribution >= 4 is 33.3 Å². The summed E-state index contributed by atoms with van der Waals surface area (Å²) in [4.78, 5) is 11.3. The van der Waals surface area contributed by atoms with Crippen molar-refractivity contribution < 1.29 is 23.7 Å². The summed E-state index contributed by atoms with van der Waals surface area (Å²) in [6, 6.07) is 25.1. The Morgan fingerprint density at radius 3 is 2.57 bits per heavy atom. The fraction of sp³-hybridized carbons (Fsp3) is 0.257. The number of fused-ring (bicyclic) bond motifs is 1. The van der Waals surface area contributed by atoms with Gasteiger partial charge >= 0.3 is 0 Å². The van der Waals surface area contributed by atoms with Gasteiger partial charge in [-0.25, -0.2) is 0 Å². The molecule has 0 fully saturated rings. The first-order valence-electron chi connectivity index (χ1n) is 14.4. The van der Waals surface area contributed by atoms with Gasteiger partial charge in [0, 0.05) is 34.6 Å². The van der Waals surface area contributed by atoms with E-state index in [-0.39, 0.29) is 19.0 Å². The normalized spacial score (nSPS) is 12.0. The number of hydrogen-bond donors (Lipinski definition) is 1. The molecule has 4 aromatic carbocycles. The van der Waals surface area contributed by atoms with Gasteiger partial charge in [0.1, 0.15) is 43.7 Å². The molecule has 0 aliphatic carbocycles. The third-order valence-electron chi connectivity index (χ3n) is 7.08. The maximum atomic E-state index is 11.3. The standard InChI is InChI=1S/C35H32BrClN2O5/c1-23(40)5-4-12-39-20-28-16-30(37)33(18-32(28)43-21-25-7-2-6-24(15-25)19-38)44-22-27-8-3-9-29(35(27)36)26-10-11-31-34(17-26)42-14-13-41-31/h2-3,6-11,15-18,39H,4-5,12-14,20-22H2,1H3.